The second-order valence-electron chi connectivity index (χ2n) is 4.03. The lowest BCUT2D eigenvalue weighted by atomic mass is 9.93. The highest BCUT2D eigenvalue weighted by atomic mass is 14.1. The molecule has 1 aromatic carbocycles. The summed E-state index contributed by atoms with van der Waals surface area (Å²) in [7, 11) is 0. The molecule has 1 aliphatic rings. The van der Waals surface area contributed by atoms with E-state index in [-0.39, 0.29) is 0 Å². The second-order valence-corrected chi connectivity index (χ2v) is 4.03. The molecule has 1 aromatic rings. The Morgan fingerprint density at radius 2 is 1.93 bits per heavy atom. The Balaban J connectivity index is 2.19. The predicted octanol–water partition coefficient (Wildman–Crippen LogP) is 4.48. The zero-order valence-electron chi connectivity index (χ0n) is 9.29. The summed E-state index contributed by atoms with van der Waals surface area (Å²) in [5, 5.41) is 0. The van der Waals surface area contributed by atoms with E-state index in [1.165, 1.54) is 42.4 Å². The van der Waals surface area contributed by atoms with Crippen molar-refractivity contribution in [3.63, 3.8) is 0 Å². The highest BCUT2D eigenvalue weighted by Gasteiger charge is 2.05. The zero-order chi connectivity index (χ0) is 10.5. The summed E-state index contributed by atoms with van der Waals surface area (Å²) >= 11 is 0. The highest BCUT2D eigenvalue weighted by molar-refractivity contribution is 5.67. The molecule has 0 heteroatoms. The van der Waals surface area contributed by atoms with E-state index in [0.717, 1.165) is 0 Å². The first kappa shape index (κ1) is 10.2. The quantitative estimate of drug-likeness (QED) is 0.655. The SMILES string of the molecule is C[C]=Cc1ccc(C2=CCCCC2)cc1. The third kappa shape index (κ3) is 2.59. The van der Waals surface area contributed by atoms with E-state index in [9.17, 15) is 0 Å². The maximum atomic E-state index is 3.04. The van der Waals surface area contributed by atoms with Crippen molar-refractivity contribution in [1.82, 2.24) is 0 Å². The van der Waals surface area contributed by atoms with Crippen molar-refractivity contribution in [3.8, 4) is 0 Å². The monoisotopic (exact) mass is 197 g/mol. The smallest absolute Gasteiger partial charge is 0.0227 e. The number of allylic oxidation sites excluding steroid dienone is 3. The van der Waals surface area contributed by atoms with E-state index < -0.39 is 0 Å². The van der Waals surface area contributed by atoms with Gasteiger partial charge in [0.2, 0.25) is 0 Å². The molecule has 0 bridgehead atoms. The standard InChI is InChI=1S/C15H17/c1-2-6-13-9-11-15(12-10-13)14-7-4-3-5-8-14/h6-7,9-12H,3-5,8H2,1H3. The van der Waals surface area contributed by atoms with Crippen molar-refractivity contribution in [2.75, 3.05) is 0 Å². The minimum Gasteiger partial charge on any atom is -0.0807 e. The van der Waals surface area contributed by atoms with Crippen LogP contribution in [0.1, 0.15) is 43.7 Å². The van der Waals surface area contributed by atoms with Crippen molar-refractivity contribution >= 4 is 11.6 Å². The molecule has 0 saturated carbocycles. The van der Waals surface area contributed by atoms with E-state index >= 15 is 0 Å². The average molecular weight is 197 g/mol. The Labute approximate surface area is 92.3 Å². The topological polar surface area (TPSA) is 0 Å². The number of benzene rings is 1. The van der Waals surface area contributed by atoms with Crippen LogP contribution >= 0.6 is 0 Å². The molecule has 1 aliphatic carbocycles. The van der Waals surface area contributed by atoms with Gasteiger partial charge in [-0.2, -0.15) is 0 Å². The van der Waals surface area contributed by atoms with Crippen molar-refractivity contribution in [3.05, 3.63) is 47.5 Å². The molecular formula is C15H17. The van der Waals surface area contributed by atoms with Crippen LogP contribution in [0.4, 0.5) is 0 Å². The number of hydrogen-bond donors (Lipinski definition) is 0. The van der Waals surface area contributed by atoms with Gasteiger partial charge < -0.3 is 0 Å². The van der Waals surface area contributed by atoms with Crippen molar-refractivity contribution in [2.45, 2.75) is 32.6 Å². The molecule has 0 nitrogen and oxygen atoms in total. The number of rotatable bonds is 2. The minimum absolute atomic E-state index is 1.23. The zero-order valence-corrected chi connectivity index (χ0v) is 9.29. The van der Waals surface area contributed by atoms with Gasteiger partial charge in [0.05, 0.1) is 0 Å². The van der Waals surface area contributed by atoms with Crippen LogP contribution in [0.5, 0.6) is 0 Å². The molecule has 0 heterocycles. The Morgan fingerprint density at radius 1 is 1.13 bits per heavy atom. The van der Waals surface area contributed by atoms with Crippen LogP contribution in [0, 0.1) is 6.08 Å². The van der Waals surface area contributed by atoms with Crippen LogP contribution < -0.4 is 0 Å². The Morgan fingerprint density at radius 3 is 2.53 bits per heavy atom. The van der Waals surface area contributed by atoms with Crippen molar-refractivity contribution < 1.29 is 0 Å². The van der Waals surface area contributed by atoms with Crippen LogP contribution in [0.2, 0.25) is 0 Å². The molecule has 0 amide bonds. The van der Waals surface area contributed by atoms with E-state index in [0.29, 0.717) is 0 Å². The molecule has 15 heavy (non-hydrogen) atoms. The van der Waals surface area contributed by atoms with Crippen LogP contribution in [-0.2, 0) is 0 Å². The summed E-state index contributed by atoms with van der Waals surface area (Å²) < 4.78 is 0. The molecule has 0 aromatic heterocycles. The van der Waals surface area contributed by atoms with Crippen LogP contribution in [-0.4, -0.2) is 0 Å². The lowest BCUT2D eigenvalue weighted by Gasteiger charge is -2.12. The lowest BCUT2D eigenvalue weighted by molar-refractivity contribution is 0.742. The highest BCUT2D eigenvalue weighted by Crippen LogP contribution is 2.26. The Hall–Kier alpha value is -1.30. The summed E-state index contributed by atoms with van der Waals surface area (Å²) in [6, 6.07) is 8.78. The van der Waals surface area contributed by atoms with Gasteiger partial charge in [0.25, 0.3) is 0 Å². The van der Waals surface area contributed by atoms with Gasteiger partial charge in [0.1, 0.15) is 0 Å². The predicted molar refractivity (Wildman–Crippen MR) is 66.3 cm³/mol. The van der Waals surface area contributed by atoms with Gasteiger partial charge in [-0.3, -0.25) is 0 Å². The molecule has 1 radical (unpaired) electrons. The van der Waals surface area contributed by atoms with Crippen molar-refractivity contribution in [2.24, 2.45) is 0 Å². The summed E-state index contributed by atoms with van der Waals surface area (Å²) in [5.74, 6) is 0. The van der Waals surface area contributed by atoms with E-state index in [1.54, 1.807) is 0 Å². The average Bonchev–Trinajstić information content (AvgIpc) is 2.32. The molecule has 0 N–H and O–H groups in total. The molecule has 0 aliphatic heterocycles. The van der Waals surface area contributed by atoms with Gasteiger partial charge >= 0.3 is 0 Å². The van der Waals surface area contributed by atoms with Crippen molar-refractivity contribution in [1.29, 1.82) is 0 Å². The fraction of sp³-hybridized carbons (Fsp3) is 0.333. The molecule has 0 saturated heterocycles. The molecule has 77 valence electrons. The molecule has 0 atom stereocenters. The maximum absolute atomic E-state index is 3.04. The summed E-state index contributed by atoms with van der Waals surface area (Å²) in [4.78, 5) is 0. The van der Waals surface area contributed by atoms with Gasteiger partial charge in [-0.05, 0) is 55.4 Å². The second kappa shape index (κ2) is 4.97. The van der Waals surface area contributed by atoms with Gasteiger partial charge in [0, 0.05) is 0 Å². The fourth-order valence-electron chi connectivity index (χ4n) is 2.06. The maximum Gasteiger partial charge on any atom is -0.0227 e. The molecular weight excluding hydrogens is 180 g/mol. The molecule has 0 fully saturated rings. The van der Waals surface area contributed by atoms with E-state index in [1.807, 2.05) is 13.0 Å². The summed E-state index contributed by atoms with van der Waals surface area (Å²) in [6.07, 6.45) is 12.6. The van der Waals surface area contributed by atoms with Crippen LogP contribution in [0.3, 0.4) is 0 Å². The number of hydrogen-bond acceptors (Lipinski definition) is 0. The first-order chi connectivity index (χ1) is 7.40. The Bertz CT molecular complexity index is 366. The minimum atomic E-state index is 1.23. The molecule has 0 unspecified atom stereocenters. The first-order valence-electron chi connectivity index (χ1n) is 5.70. The van der Waals surface area contributed by atoms with E-state index in [2.05, 4.69) is 36.4 Å². The van der Waals surface area contributed by atoms with Gasteiger partial charge in [-0.15, -0.1) is 0 Å². The molecule has 0 spiro atoms. The van der Waals surface area contributed by atoms with Crippen LogP contribution in [0.15, 0.2) is 30.3 Å². The van der Waals surface area contributed by atoms with Gasteiger partial charge in [-0.25, -0.2) is 0 Å². The summed E-state index contributed by atoms with van der Waals surface area (Å²) in [6.45, 7) is 1.93. The fourth-order valence-corrected chi connectivity index (χ4v) is 2.06. The third-order valence-electron chi connectivity index (χ3n) is 2.88. The summed E-state index contributed by atoms with van der Waals surface area (Å²) in [5.41, 5.74) is 4.15. The normalized spacial score (nSPS) is 16.7. The van der Waals surface area contributed by atoms with Gasteiger partial charge in [-0.1, -0.05) is 36.4 Å². The Kier molecular flexibility index (Phi) is 3.39. The first-order valence-corrected chi connectivity index (χ1v) is 5.70. The largest absolute Gasteiger partial charge is 0.0807 e. The van der Waals surface area contributed by atoms with E-state index in [4.69, 9.17) is 0 Å². The lowest BCUT2D eigenvalue weighted by Crippen LogP contribution is -1.91. The third-order valence-corrected chi connectivity index (χ3v) is 2.88. The molecule has 2 rings (SSSR count). The van der Waals surface area contributed by atoms with Gasteiger partial charge in [0.15, 0.2) is 0 Å². The van der Waals surface area contributed by atoms with Crippen LogP contribution in [0.25, 0.3) is 11.6 Å².